The highest BCUT2D eigenvalue weighted by molar-refractivity contribution is 5.94. The molecule has 25 heavy (non-hydrogen) atoms. The summed E-state index contributed by atoms with van der Waals surface area (Å²) in [5.41, 5.74) is -0.123. The van der Waals surface area contributed by atoms with Gasteiger partial charge in [0.25, 0.3) is 5.91 Å². The monoisotopic (exact) mass is 351 g/mol. The predicted octanol–water partition coefficient (Wildman–Crippen LogP) is 1.64. The molecule has 0 spiro atoms. The van der Waals surface area contributed by atoms with Gasteiger partial charge in [0, 0.05) is 50.7 Å². The van der Waals surface area contributed by atoms with E-state index in [1.165, 1.54) is 6.07 Å². The number of hydrogen-bond donors (Lipinski definition) is 1. The molecule has 0 aliphatic carbocycles. The van der Waals surface area contributed by atoms with E-state index in [9.17, 15) is 18.4 Å². The topological polar surface area (TPSA) is 52.7 Å². The van der Waals surface area contributed by atoms with Gasteiger partial charge in [-0.05, 0) is 31.9 Å². The van der Waals surface area contributed by atoms with E-state index in [0.717, 1.165) is 25.2 Å². The van der Waals surface area contributed by atoms with E-state index >= 15 is 0 Å². The van der Waals surface area contributed by atoms with Crippen molar-refractivity contribution in [3.8, 4) is 0 Å². The average Bonchev–Trinajstić information content (AvgIpc) is 2.61. The van der Waals surface area contributed by atoms with Crippen LogP contribution in [0.2, 0.25) is 0 Å². The number of nitrogens with zero attached hydrogens (tertiary/aromatic N) is 2. The predicted molar refractivity (Wildman–Crippen MR) is 89.0 cm³/mol. The smallest absolute Gasteiger partial charge is 0.256 e. The minimum atomic E-state index is -0.849. The second-order valence-electron chi connectivity index (χ2n) is 6.78. The molecule has 1 aromatic rings. The zero-order valence-electron chi connectivity index (χ0n) is 14.3. The molecule has 0 bridgehead atoms. The number of nitrogens with one attached hydrogen (secondary N) is 1. The first-order valence-electron chi connectivity index (χ1n) is 8.73. The largest absolute Gasteiger partial charge is 0.339 e. The van der Waals surface area contributed by atoms with Crippen molar-refractivity contribution in [3.05, 3.63) is 35.4 Å². The van der Waals surface area contributed by atoms with Crippen molar-refractivity contribution in [2.75, 3.05) is 32.7 Å². The van der Waals surface area contributed by atoms with E-state index in [1.807, 2.05) is 11.8 Å². The number of carbonyl (C=O) groups is 2. The Balaban J connectivity index is 1.59. The Bertz CT molecular complexity index is 660. The number of rotatable bonds is 2. The fourth-order valence-electron chi connectivity index (χ4n) is 3.57. The van der Waals surface area contributed by atoms with E-state index in [0.29, 0.717) is 32.5 Å². The first kappa shape index (κ1) is 17.8. The van der Waals surface area contributed by atoms with Crippen molar-refractivity contribution in [1.82, 2.24) is 15.1 Å². The maximum absolute atomic E-state index is 13.8. The molecule has 2 aliphatic rings. The lowest BCUT2D eigenvalue weighted by molar-refractivity contribution is -0.139. The maximum Gasteiger partial charge on any atom is 0.256 e. The Morgan fingerprint density at radius 1 is 1.16 bits per heavy atom. The lowest BCUT2D eigenvalue weighted by Gasteiger charge is -2.39. The van der Waals surface area contributed by atoms with Crippen LogP contribution in [-0.2, 0) is 4.79 Å². The van der Waals surface area contributed by atoms with Crippen LogP contribution in [0.4, 0.5) is 8.78 Å². The van der Waals surface area contributed by atoms with Gasteiger partial charge in [0.2, 0.25) is 5.91 Å². The second-order valence-corrected chi connectivity index (χ2v) is 6.78. The zero-order chi connectivity index (χ0) is 18.0. The SMILES string of the molecule is C[C@H]1CNCCN1C(=O)C1CCN(C(=O)c2ccc(F)cc2F)CC1. The molecule has 0 radical (unpaired) electrons. The minimum absolute atomic E-state index is 0.0948. The van der Waals surface area contributed by atoms with Gasteiger partial charge < -0.3 is 15.1 Å². The van der Waals surface area contributed by atoms with Crippen molar-refractivity contribution in [2.24, 2.45) is 5.92 Å². The van der Waals surface area contributed by atoms with E-state index in [4.69, 9.17) is 0 Å². The molecule has 2 aliphatic heterocycles. The van der Waals surface area contributed by atoms with Gasteiger partial charge in [-0.3, -0.25) is 9.59 Å². The van der Waals surface area contributed by atoms with Crippen LogP contribution < -0.4 is 5.32 Å². The highest BCUT2D eigenvalue weighted by Crippen LogP contribution is 2.23. The molecule has 3 rings (SSSR count). The fraction of sp³-hybridized carbons (Fsp3) is 0.556. The van der Waals surface area contributed by atoms with Gasteiger partial charge in [0.15, 0.2) is 0 Å². The highest BCUT2D eigenvalue weighted by Gasteiger charge is 2.33. The molecule has 1 aromatic carbocycles. The third-order valence-electron chi connectivity index (χ3n) is 5.08. The van der Waals surface area contributed by atoms with Crippen LogP contribution in [0, 0.1) is 17.6 Å². The molecule has 7 heteroatoms. The normalized spacial score (nSPS) is 22.1. The van der Waals surface area contributed by atoms with Gasteiger partial charge in [-0.2, -0.15) is 0 Å². The van der Waals surface area contributed by atoms with Crippen molar-refractivity contribution in [1.29, 1.82) is 0 Å². The molecule has 0 saturated carbocycles. The van der Waals surface area contributed by atoms with Crippen molar-refractivity contribution in [2.45, 2.75) is 25.8 Å². The Morgan fingerprint density at radius 3 is 2.52 bits per heavy atom. The lowest BCUT2D eigenvalue weighted by atomic mass is 9.94. The number of amides is 2. The van der Waals surface area contributed by atoms with Crippen molar-refractivity contribution in [3.63, 3.8) is 0 Å². The van der Waals surface area contributed by atoms with Crippen molar-refractivity contribution < 1.29 is 18.4 Å². The summed E-state index contributed by atoms with van der Waals surface area (Å²) in [5, 5.41) is 3.26. The van der Waals surface area contributed by atoms with Crippen LogP contribution in [0.15, 0.2) is 18.2 Å². The molecule has 2 amide bonds. The van der Waals surface area contributed by atoms with E-state index in [1.54, 1.807) is 4.90 Å². The van der Waals surface area contributed by atoms with E-state index < -0.39 is 17.5 Å². The summed E-state index contributed by atoms with van der Waals surface area (Å²) in [4.78, 5) is 28.6. The standard InChI is InChI=1S/C18H23F2N3O2/c1-12-11-21-6-9-23(12)17(24)13-4-7-22(8-5-13)18(25)15-3-2-14(19)10-16(15)20/h2-3,10,12-13,21H,4-9,11H2,1H3/t12-/m0/s1. The molecular formula is C18H23F2N3O2. The molecule has 1 N–H and O–H groups in total. The number of halogens is 2. The summed E-state index contributed by atoms with van der Waals surface area (Å²) in [7, 11) is 0. The number of benzene rings is 1. The van der Waals surface area contributed by atoms with Gasteiger partial charge in [0.1, 0.15) is 11.6 Å². The Kier molecular flexibility index (Phi) is 5.32. The lowest BCUT2D eigenvalue weighted by Crippen LogP contribution is -2.55. The van der Waals surface area contributed by atoms with E-state index in [-0.39, 0.29) is 23.4 Å². The number of piperidine rings is 1. The summed E-state index contributed by atoms with van der Waals surface area (Å²) in [6.07, 6.45) is 1.15. The molecule has 5 nitrogen and oxygen atoms in total. The fourth-order valence-corrected chi connectivity index (χ4v) is 3.57. The first-order valence-corrected chi connectivity index (χ1v) is 8.73. The van der Waals surface area contributed by atoms with Gasteiger partial charge in [-0.1, -0.05) is 0 Å². The van der Waals surface area contributed by atoms with Gasteiger partial charge in [-0.15, -0.1) is 0 Å². The molecule has 136 valence electrons. The molecule has 0 unspecified atom stereocenters. The third kappa shape index (κ3) is 3.81. The van der Waals surface area contributed by atoms with Crippen LogP contribution in [0.3, 0.4) is 0 Å². The van der Waals surface area contributed by atoms with Crippen LogP contribution in [0.25, 0.3) is 0 Å². The third-order valence-corrected chi connectivity index (χ3v) is 5.08. The number of piperazine rings is 1. The number of likely N-dealkylation sites (tertiary alicyclic amines) is 1. The quantitative estimate of drug-likeness (QED) is 0.881. The molecule has 0 aromatic heterocycles. The van der Waals surface area contributed by atoms with Crippen LogP contribution >= 0.6 is 0 Å². The highest BCUT2D eigenvalue weighted by atomic mass is 19.1. The van der Waals surface area contributed by atoms with Gasteiger partial charge in [-0.25, -0.2) is 8.78 Å². The molecule has 1 atom stereocenters. The summed E-state index contributed by atoms with van der Waals surface area (Å²) in [5.74, 6) is -1.95. The summed E-state index contributed by atoms with van der Waals surface area (Å²) < 4.78 is 26.8. The van der Waals surface area contributed by atoms with E-state index in [2.05, 4.69) is 5.32 Å². The molecular weight excluding hydrogens is 328 g/mol. The summed E-state index contributed by atoms with van der Waals surface area (Å²) >= 11 is 0. The van der Waals surface area contributed by atoms with Gasteiger partial charge in [0.05, 0.1) is 5.56 Å². The Labute approximate surface area is 146 Å². The molecule has 2 heterocycles. The van der Waals surface area contributed by atoms with Crippen molar-refractivity contribution >= 4 is 11.8 Å². The second kappa shape index (κ2) is 7.47. The maximum atomic E-state index is 13.8. The van der Waals surface area contributed by atoms with Crippen LogP contribution in [-0.4, -0.2) is 60.4 Å². The average molecular weight is 351 g/mol. The Morgan fingerprint density at radius 2 is 1.88 bits per heavy atom. The number of hydrogen-bond acceptors (Lipinski definition) is 3. The summed E-state index contributed by atoms with van der Waals surface area (Å²) in [6, 6.07) is 3.15. The van der Waals surface area contributed by atoms with Crippen LogP contribution in [0.5, 0.6) is 0 Å². The van der Waals surface area contributed by atoms with Gasteiger partial charge >= 0.3 is 0 Å². The zero-order valence-corrected chi connectivity index (χ0v) is 14.3. The first-order chi connectivity index (χ1) is 12.0. The number of carbonyl (C=O) groups excluding carboxylic acids is 2. The van der Waals surface area contributed by atoms with Crippen LogP contribution in [0.1, 0.15) is 30.1 Å². The Hall–Kier alpha value is -2.02. The summed E-state index contributed by atoms with van der Waals surface area (Å²) in [6.45, 7) is 5.16. The molecule has 2 saturated heterocycles. The minimum Gasteiger partial charge on any atom is -0.339 e. The molecule has 2 fully saturated rings.